The number of nitrogens with zero attached hydrogens (tertiary/aromatic N) is 3. The van der Waals surface area contributed by atoms with E-state index in [0.717, 1.165) is 26.6 Å². The minimum absolute atomic E-state index is 0.0809. The number of hydrogen-bond acceptors (Lipinski definition) is 5. The Morgan fingerprint density at radius 1 is 1.14 bits per heavy atom. The molecule has 0 unspecified atom stereocenters. The van der Waals surface area contributed by atoms with Crippen LogP contribution in [0.4, 0.5) is 5.13 Å². The Morgan fingerprint density at radius 2 is 1.93 bits per heavy atom. The van der Waals surface area contributed by atoms with Crippen molar-refractivity contribution in [3.05, 3.63) is 71.4 Å². The lowest BCUT2D eigenvalue weighted by molar-refractivity contribution is -0.115. The van der Waals surface area contributed by atoms with Gasteiger partial charge in [-0.2, -0.15) is 0 Å². The van der Waals surface area contributed by atoms with Gasteiger partial charge >= 0.3 is 0 Å². The van der Waals surface area contributed by atoms with Gasteiger partial charge in [-0.15, -0.1) is 10.2 Å². The van der Waals surface area contributed by atoms with Gasteiger partial charge in [0.05, 0.1) is 6.42 Å². The number of aromatic nitrogens is 3. The molecule has 0 saturated carbocycles. The Morgan fingerprint density at radius 3 is 2.75 bits per heavy atom. The van der Waals surface area contributed by atoms with E-state index in [1.54, 1.807) is 11.8 Å². The minimum atomic E-state index is -0.0809. The number of amides is 1. The van der Waals surface area contributed by atoms with Gasteiger partial charge in [0, 0.05) is 29.9 Å². The molecule has 0 saturated heterocycles. The van der Waals surface area contributed by atoms with E-state index >= 15 is 0 Å². The van der Waals surface area contributed by atoms with E-state index in [1.165, 1.54) is 22.5 Å². The molecule has 4 rings (SSSR count). The molecule has 2 aromatic heterocycles. The Labute approximate surface area is 171 Å². The molecule has 1 amide bonds. The third-order valence-electron chi connectivity index (χ3n) is 4.47. The van der Waals surface area contributed by atoms with Crippen molar-refractivity contribution in [1.29, 1.82) is 0 Å². The Bertz CT molecular complexity index is 1120. The summed E-state index contributed by atoms with van der Waals surface area (Å²) < 4.78 is 2.89. The predicted octanol–water partition coefficient (Wildman–Crippen LogP) is 4.81. The molecule has 0 bridgehead atoms. The first-order chi connectivity index (χ1) is 13.6. The Kier molecular flexibility index (Phi) is 5.45. The second-order valence-corrected chi connectivity index (χ2v) is 8.85. The summed E-state index contributed by atoms with van der Waals surface area (Å²) in [5, 5.41) is 12.8. The number of carbonyl (C=O) groups is 1. The SMILES string of the molecule is Cc1ccc(CSc2nnc(NC(=O)Cc3cn(C)c4ccccc34)s2)cc1. The summed E-state index contributed by atoms with van der Waals surface area (Å²) in [6.07, 6.45) is 2.32. The third kappa shape index (κ3) is 4.26. The molecule has 28 heavy (non-hydrogen) atoms. The van der Waals surface area contributed by atoms with E-state index < -0.39 is 0 Å². The second-order valence-electron chi connectivity index (χ2n) is 6.65. The lowest BCUT2D eigenvalue weighted by Crippen LogP contribution is -2.14. The molecule has 5 nitrogen and oxygen atoms in total. The number of carbonyl (C=O) groups excluding carboxylic acids is 1. The fourth-order valence-corrected chi connectivity index (χ4v) is 4.77. The first-order valence-electron chi connectivity index (χ1n) is 8.93. The van der Waals surface area contributed by atoms with Crippen molar-refractivity contribution in [3.8, 4) is 0 Å². The maximum Gasteiger partial charge on any atom is 0.230 e. The molecule has 0 fully saturated rings. The van der Waals surface area contributed by atoms with Gasteiger partial charge < -0.3 is 9.88 Å². The zero-order valence-electron chi connectivity index (χ0n) is 15.7. The maximum atomic E-state index is 12.5. The van der Waals surface area contributed by atoms with E-state index in [4.69, 9.17) is 0 Å². The summed E-state index contributed by atoms with van der Waals surface area (Å²) in [7, 11) is 1.99. The van der Waals surface area contributed by atoms with Crippen LogP contribution >= 0.6 is 23.1 Å². The van der Waals surface area contributed by atoms with E-state index in [2.05, 4.69) is 52.8 Å². The first-order valence-corrected chi connectivity index (χ1v) is 10.7. The molecule has 0 aliphatic heterocycles. The van der Waals surface area contributed by atoms with Crippen LogP contribution in [0.5, 0.6) is 0 Å². The van der Waals surface area contributed by atoms with Crippen LogP contribution in [-0.2, 0) is 24.0 Å². The number of anilines is 1. The Balaban J connectivity index is 1.36. The monoisotopic (exact) mass is 408 g/mol. The van der Waals surface area contributed by atoms with Crippen molar-refractivity contribution >= 4 is 45.0 Å². The van der Waals surface area contributed by atoms with Crippen molar-refractivity contribution in [2.24, 2.45) is 7.05 Å². The van der Waals surface area contributed by atoms with Crippen molar-refractivity contribution in [2.45, 2.75) is 23.4 Å². The summed E-state index contributed by atoms with van der Waals surface area (Å²) >= 11 is 3.03. The van der Waals surface area contributed by atoms with Crippen LogP contribution < -0.4 is 5.32 Å². The summed E-state index contributed by atoms with van der Waals surface area (Å²) in [6, 6.07) is 16.5. The van der Waals surface area contributed by atoms with Gasteiger partial charge in [0.15, 0.2) is 4.34 Å². The van der Waals surface area contributed by atoms with Crippen LogP contribution in [0.3, 0.4) is 0 Å². The van der Waals surface area contributed by atoms with Crippen LogP contribution in [-0.4, -0.2) is 20.7 Å². The number of para-hydroxylation sites is 1. The van der Waals surface area contributed by atoms with E-state index in [1.807, 2.05) is 36.0 Å². The predicted molar refractivity (Wildman–Crippen MR) is 116 cm³/mol. The van der Waals surface area contributed by atoms with Crippen LogP contribution in [0.15, 0.2) is 59.1 Å². The topological polar surface area (TPSA) is 59.8 Å². The van der Waals surface area contributed by atoms with Crippen LogP contribution in [0.2, 0.25) is 0 Å². The molecule has 0 atom stereocenters. The second kappa shape index (κ2) is 8.16. The maximum absolute atomic E-state index is 12.5. The molecule has 142 valence electrons. The van der Waals surface area contributed by atoms with Gasteiger partial charge in [-0.25, -0.2) is 0 Å². The normalized spacial score (nSPS) is 11.1. The molecule has 1 N–H and O–H groups in total. The minimum Gasteiger partial charge on any atom is -0.350 e. The van der Waals surface area contributed by atoms with Gasteiger partial charge in [-0.05, 0) is 24.1 Å². The summed E-state index contributed by atoms with van der Waals surface area (Å²) in [4.78, 5) is 12.5. The molecular weight excluding hydrogens is 388 g/mol. The van der Waals surface area contributed by atoms with Gasteiger partial charge in [0.25, 0.3) is 0 Å². The number of nitrogens with one attached hydrogen (secondary N) is 1. The fourth-order valence-electron chi connectivity index (χ4n) is 3.05. The Hall–Kier alpha value is -2.64. The molecule has 2 heterocycles. The lowest BCUT2D eigenvalue weighted by atomic mass is 10.1. The highest BCUT2D eigenvalue weighted by Crippen LogP contribution is 2.28. The smallest absolute Gasteiger partial charge is 0.230 e. The van der Waals surface area contributed by atoms with Gasteiger partial charge in [0.2, 0.25) is 11.0 Å². The van der Waals surface area contributed by atoms with E-state index in [9.17, 15) is 4.79 Å². The van der Waals surface area contributed by atoms with Gasteiger partial charge in [-0.3, -0.25) is 4.79 Å². The number of rotatable bonds is 6. The summed E-state index contributed by atoms with van der Waals surface area (Å²) in [6.45, 7) is 2.08. The average Bonchev–Trinajstić information content (AvgIpc) is 3.26. The van der Waals surface area contributed by atoms with Crippen molar-refractivity contribution in [3.63, 3.8) is 0 Å². The van der Waals surface area contributed by atoms with Crippen LogP contribution in [0.25, 0.3) is 10.9 Å². The van der Waals surface area contributed by atoms with Crippen molar-refractivity contribution in [1.82, 2.24) is 14.8 Å². The summed E-state index contributed by atoms with van der Waals surface area (Å²) in [5.74, 6) is 0.751. The molecule has 7 heteroatoms. The quantitative estimate of drug-likeness (QED) is 0.367. The number of hydrogen-bond donors (Lipinski definition) is 1. The van der Waals surface area contributed by atoms with Gasteiger partial charge in [-0.1, -0.05) is 71.1 Å². The largest absolute Gasteiger partial charge is 0.350 e. The molecule has 0 aliphatic rings. The van der Waals surface area contributed by atoms with Gasteiger partial charge in [0.1, 0.15) is 0 Å². The standard InChI is InChI=1S/C21H20N4OS2/c1-14-7-9-15(10-8-14)13-27-21-24-23-20(28-21)22-19(26)11-16-12-25(2)18-6-4-3-5-17(16)18/h3-10,12H,11,13H2,1-2H3,(H,22,23,26). The highest BCUT2D eigenvalue weighted by Gasteiger charge is 2.13. The van der Waals surface area contributed by atoms with Crippen molar-refractivity contribution < 1.29 is 4.79 Å². The average molecular weight is 409 g/mol. The fraction of sp³-hybridized carbons (Fsp3) is 0.190. The number of fused-ring (bicyclic) bond motifs is 1. The number of aryl methyl sites for hydroxylation is 2. The third-order valence-corrected chi connectivity index (χ3v) is 6.51. The van der Waals surface area contributed by atoms with E-state index in [0.29, 0.717) is 11.6 Å². The molecule has 2 aromatic carbocycles. The first kappa shape index (κ1) is 18.7. The molecule has 0 radical (unpaired) electrons. The summed E-state index contributed by atoms with van der Waals surface area (Å²) in [5.41, 5.74) is 4.62. The zero-order valence-corrected chi connectivity index (χ0v) is 17.3. The highest BCUT2D eigenvalue weighted by molar-refractivity contribution is 8.00. The van der Waals surface area contributed by atoms with E-state index in [-0.39, 0.29) is 5.91 Å². The molecule has 4 aromatic rings. The zero-order chi connectivity index (χ0) is 19.5. The van der Waals surface area contributed by atoms with Crippen molar-refractivity contribution in [2.75, 3.05) is 5.32 Å². The molecule has 0 spiro atoms. The van der Waals surface area contributed by atoms with Crippen LogP contribution in [0, 0.1) is 6.92 Å². The molecular formula is C21H20N4OS2. The molecule has 0 aliphatic carbocycles. The number of benzene rings is 2. The highest BCUT2D eigenvalue weighted by atomic mass is 32.2. The number of thioether (sulfide) groups is 1. The van der Waals surface area contributed by atoms with Crippen LogP contribution in [0.1, 0.15) is 16.7 Å². The lowest BCUT2D eigenvalue weighted by Gasteiger charge is -2.00.